The lowest BCUT2D eigenvalue weighted by Gasteiger charge is -2.37. The number of rotatable bonds is 4. The maximum Gasteiger partial charge on any atom is 0.254 e. The average molecular weight is 397 g/mol. The van der Waals surface area contributed by atoms with Crippen LogP contribution in [0.2, 0.25) is 0 Å². The molecule has 0 radical (unpaired) electrons. The second-order valence-corrected chi connectivity index (χ2v) is 8.48. The summed E-state index contributed by atoms with van der Waals surface area (Å²) in [4.78, 5) is 25.0. The van der Waals surface area contributed by atoms with Gasteiger partial charge >= 0.3 is 0 Å². The van der Waals surface area contributed by atoms with Crippen LogP contribution < -0.4 is 15.4 Å². The molecule has 2 fully saturated rings. The molecule has 0 spiro atoms. The zero-order chi connectivity index (χ0) is 20.2. The monoisotopic (exact) mass is 396 g/mol. The molecule has 4 rings (SSSR count). The first kappa shape index (κ1) is 20.0. The number of H-pyrrole nitrogens is 1. The van der Waals surface area contributed by atoms with Crippen LogP contribution in [-0.2, 0) is 11.2 Å². The van der Waals surface area contributed by atoms with Crippen molar-refractivity contribution >= 4 is 11.8 Å². The van der Waals surface area contributed by atoms with Crippen LogP contribution in [0.25, 0.3) is 0 Å². The fourth-order valence-corrected chi connectivity index (χ4v) is 4.65. The highest BCUT2D eigenvalue weighted by atomic mass is 16.5. The van der Waals surface area contributed by atoms with Crippen molar-refractivity contribution in [2.45, 2.75) is 64.2 Å². The van der Waals surface area contributed by atoms with Crippen molar-refractivity contribution in [1.29, 1.82) is 0 Å². The lowest BCUT2D eigenvalue weighted by molar-refractivity contribution is -0.00547. The number of hydrogen-bond acceptors (Lipinski definition) is 5. The van der Waals surface area contributed by atoms with E-state index in [4.69, 9.17) is 9.72 Å². The van der Waals surface area contributed by atoms with Gasteiger partial charge in [0.1, 0.15) is 5.82 Å². The Balaban J connectivity index is 1.62. The summed E-state index contributed by atoms with van der Waals surface area (Å²) in [7, 11) is 0. The second kappa shape index (κ2) is 8.99. The van der Waals surface area contributed by atoms with Crippen LogP contribution in [0.15, 0.2) is 41.2 Å². The van der Waals surface area contributed by atoms with E-state index in [9.17, 15) is 4.79 Å². The Kier molecular flexibility index (Phi) is 6.19. The van der Waals surface area contributed by atoms with Crippen LogP contribution in [0.5, 0.6) is 0 Å². The molecule has 2 saturated heterocycles. The molecule has 1 N–H and O–H groups in total. The Morgan fingerprint density at radius 1 is 1.10 bits per heavy atom. The number of aromatic amines is 1. The first-order valence-corrected chi connectivity index (χ1v) is 10.9. The highest BCUT2D eigenvalue weighted by Gasteiger charge is 2.27. The first-order chi connectivity index (χ1) is 14.1. The van der Waals surface area contributed by atoms with E-state index in [2.05, 4.69) is 59.0 Å². The summed E-state index contributed by atoms with van der Waals surface area (Å²) in [5.41, 5.74) is 1.25. The molecule has 0 saturated carbocycles. The maximum atomic E-state index is 12.5. The van der Waals surface area contributed by atoms with Gasteiger partial charge in [-0.1, -0.05) is 43.2 Å². The van der Waals surface area contributed by atoms with Gasteiger partial charge in [-0.2, -0.15) is 4.98 Å². The quantitative estimate of drug-likeness (QED) is 0.859. The Labute approximate surface area is 172 Å². The van der Waals surface area contributed by atoms with Crippen LogP contribution >= 0.6 is 0 Å². The molecule has 2 aliphatic rings. The van der Waals surface area contributed by atoms with Crippen LogP contribution in [0.3, 0.4) is 0 Å². The normalized spacial score (nSPS) is 25.7. The van der Waals surface area contributed by atoms with E-state index >= 15 is 0 Å². The Morgan fingerprint density at radius 3 is 2.62 bits per heavy atom. The third kappa shape index (κ3) is 4.99. The van der Waals surface area contributed by atoms with E-state index in [1.807, 2.05) is 0 Å². The first-order valence-electron chi connectivity index (χ1n) is 10.9. The number of morpholine rings is 1. The van der Waals surface area contributed by atoms with Crippen molar-refractivity contribution in [2.24, 2.45) is 0 Å². The van der Waals surface area contributed by atoms with E-state index in [1.165, 1.54) is 18.4 Å². The summed E-state index contributed by atoms with van der Waals surface area (Å²) in [6, 6.07) is 12.6. The average Bonchev–Trinajstić information content (AvgIpc) is 2.93. The number of anilines is 2. The van der Waals surface area contributed by atoms with Crippen LogP contribution in [-0.4, -0.2) is 47.9 Å². The fourth-order valence-electron chi connectivity index (χ4n) is 4.65. The number of aromatic nitrogens is 2. The van der Waals surface area contributed by atoms with Gasteiger partial charge in [-0.25, -0.2) is 0 Å². The van der Waals surface area contributed by atoms with E-state index in [-0.39, 0.29) is 17.8 Å². The standard InChI is InChI=1S/C23H32N4O2/c1-17-15-26(16-18(2)29-17)21-14-22(28)25-23(24-21)27-12-8-4-7-11-20(27)13-19-9-5-3-6-10-19/h3,5-6,9-10,14,17-18,20H,4,7-8,11-13,15-16H2,1-2H3,(H,24,25,28)/t17-,18-,20-/m1/s1. The smallest absolute Gasteiger partial charge is 0.254 e. The maximum absolute atomic E-state index is 12.5. The van der Waals surface area contributed by atoms with Gasteiger partial charge in [0, 0.05) is 31.7 Å². The second-order valence-electron chi connectivity index (χ2n) is 8.48. The molecule has 156 valence electrons. The van der Waals surface area contributed by atoms with Crippen molar-refractivity contribution < 1.29 is 4.74 Å². The predicted molar refractivity (Wildman–Crippen MR) is 117 cm³/mol. The third-order valence-electron chi connectivity index (χ3n) is 5.92. The van der Waals surface area contributed by atoms with Gasteiger partial charge < -0.3 is 14.5 Å². The van der Waals surface area contributed by atoms with Gasteiger partial charge in [-0.15, -0.1) is 0 Å². The van der Waals surface area contributed by atoms with Crippen molar-refractivity contribution in [3.8, 4) is 0 Å². The molecule has 3 heterocycles. The summed E-state index contributed by atoms with van der Waals surface area (Å²) < 4.78 is 5.85. The van der Waals surface area contributed by atoms with E-state index in [0.29, 0.717) is 12.0 Å². The highest BCUT2D eigenvalue weighted by molar-refractivity contribution is 5.45. The highest BCUT2D eigenvalue weighted by Crippen LogP contribution is 2.25. The van der Waals surface area contributed by atoms with Crippen molar-refractivity contribution in [3.05, 3.63) is 52.3 Å². The van der Waals surface area contributed by atoms with Gasteiger partial charge in [-0.05, 0) is 38.7 Å². The largest absolute Gasteiger partial charge is 0.372 e. The van der Waals surface area contributed by atoms with E-state index in [1.54, 1.807) is 6.07 Å². The Morgan fingerprint density at radius 2 is 1.86 bits per heavy atom. The van der Waals surface area contributed by atoms with Gasteiger partial charge in [0.25, 0.3) is 5.56 Å². The van der Waals surface area contributed by atoms with Crippen LogP contribution in [0.1, 0.15) is 45.1 Å². The molecule has 6 nitrogen and oxygen atoms in total. The molecule has 0 aliphatic carbocycles. The minimum atomic E-state index is -0.0838. The zero-order valence-electron chi connectivity index (χ0n) is 17.5. The topological polar surface area (TPSA) is 61.5 Å². The minimum absolute atomic E-state index is 0.0838. The SMILES string of the molecule is C[C@@H]1CN(c2cc(=O)[nH]c(N3CCCCC[C@@H]3Cc3ccccc3)n2)C[C@@H](C)O1. The Hall–Kier alpha value is -2.34. The number of ether oxygens (including phenoxy) is 1. The number of nitrogens with zero attached hydrogens (tertiary/aromatic N) is 3. The summed E-state index contributed by atoms with van der Waals surface area (Å²) in [5.74, 6) is 1.47. The molecule has 0 unspecified atom stereocenters. The van der Waals surface area contributed by atoms with Crippen molar-refractivity contribution in [1.82, 2.24) is 9.97 Å². The van der Waals surface area contributed by atoms with Gasteiger partial charge in [0.15, 0.2) is 0 Å². The fraction of sp³-hybridized carbons (Fsp3) is 0.565. The van der Waals surface area contributed by atoms with Crippen LogP contribution in [0.4, 0.5) is 11.8 Å². The van der Waals surface area contributed by atoms with Gasteiger partial charge in [0.05, 0.1) is 12.2 Å². The molecule has 1 aromatic carbocycles. The third-order valence-corrected chi connectivity index (χ3v) is 5.92. The van der Waals surface area contributed by atoms with E-state index in [0.717, 1.165) is 44.7 Å². The van der Waals surface area contributed by atoms with Gasteiger partial charge in [-0.3, -0.25) is 9.78 Å². The molecule has 0 bridgehead atoms. The zero-order valence-corrected chi connectivity index (χ0v) is 17.5. The number of benzene rings is 1. The lowest BCUT2D eigenvalue weighted by Crippen LogP contribution is -2.46. The predicted octanol–water partition coefficient (Wildman–Crippen LogP) is 3.38. The van der Waals surface area contributed by atoms with Crippen molar-refractivity contribution in [2.75, 3.05) is 29.4 Å². The van der Waals surface area contributed by atoms with E-state index < -0.39 is 0 Å². The molecule has 6 heteroatoms. The number of nitrogens with one attached hydrogen (secondary N) is 1. The van der Waals surface area contributed by atoms with Crippen LogP contribution in [0, 0.1) is 0 Å². The molecular formula is C23H32N4O2. The molecule has 1 aromatic heterocycles. The number of hydrogen-bond donors (Lipinski definition) is 1. The molecule has 2 aliphatic heterocycles. The summed E-state index contributed by atoms with van der Waals surface area (Å²) >= 11 is 0. The minimum Gasteiger partial charge on any atom is -0.372 e. The molecule has 2 aromatic rings. The molecule has 29 heavy (non-hydrogen) atoms. The van der Waals surface area contributed by atoms with Gasteiger partial charge in [0.2, 0.25) is 5.95 Å². The van der Waals surface area contributed by atoms with Crippen molar-refractivity contribution in [3.63, 3.8) is 0 Å². The molecule has 3 atom stereocenters. The molecule has 0 amide bonds. The Bertz CT molecular complexity index is 843. The molecular weight excluding hydrogens is 364 g/mol. The summed E-state index contributed by atoms with van der Waals surface area (Å²) in [6.07, 6.45) is 5.93. The lowest BCUT2D eigenvalue weighted by atomic mass is 10.0. The summed E-state index contributed by atoms with van der Waals surface area (Å²) in [5, 5.41) is 0. The summed E-state index contributed by atoms with van der Waals surface area (Å²) in [6.45, 7) is 6.59.